The number of rotatable bonds is 4. The first-order chi connectivity index (χ1) is 16.3. The van der Waals surface area contributed by atoms with Crippen LogP contribution in [-0.4, -0.2) is 55.7 Å². The van der Waals surface area contributed by atoms with E-state index in [0.717, 1.165) is 30.8 Å². The summed E-state index contributed by atoms with van der Waals surface area (Å²) in [4.78, 5) is 26.8. The fourth-order valence-corrected chi connectivity index (χ4v) is 4.12. The van der Waals surface area contributed by atoms with Gasteiger partial charge in [0.15, 0.2) is 0 Å². The number of likely N-dealkylation sites (tertiary alicyclic amines) is 1. The third kappa shape index (κ3) is 6.06. The van der Waals surface area contributed by atoms with E-state index in [2.05, 4.69) is 16.0 Å². The topological polar surface area (TPSA) is 82.7 Å². The summed E-state index contributed by atoms with van der Waals surface area (Å²) in [6, 6.07) is 11.1. The van der Waals surface area contributed by atoms with E-state index in [4.69, 9.17) is 4.74 Å². The molecule has 7 nitrogen and oxygen atoms in total. The van der Waals surface area contributed by atoms with Crippen LogP contribution < -0.4 is 16.0 Å². The summed E-state index contributed by atoms with van der Waals surface area (Å²) in [5, 5.41) is 8.66. The maximum Gasteiger partial charge on any atom is 0.416 e. The quantitative estimate of drug-likeness (QED) is 0.627. The molecule has 1 atom stereocenters. The number of urea groups is 1. The molecule has 2 aromatic carbocycles. The van der Waals surface area contributed by atoms with Crippen molar-refractivity contribution in [2.75, 3.05) is 38.1 Å². The smallest absolute Gasteiger partial charge is 0.371 e. The SMILES string of the molecule is O=C(Nc1ccc(C(F)(F)F)cc1)NC1CCN(C(=O)c2ccc(C3CNCCO3)cc2)CC1. The monoisotopic (exact) mass is 476 g/mol. The highest BCUT2D eigenvalue weighted by Gasteiger charge is 2.30. The minimum atomic E-state index is -4.42. The number of hydrogen-bond acceptors (Lipinski definition) is 4. The van der Waals surface area contributed by atoms with Gasteiger partial charge in [0.25, 0.3) is 5.91 Å². The highest BCUT2D eigenvalue weighted by atomic mass is 19.4. The van der Waals surface area contributed by atoms with Gasteiger partial charge in [-0.05, 0) is 54.8 Å². The van der Waals surface area contributed by atoms with E-state index in [1.165, 1.54) is 12.1 Å². The summed E-state index contributed by atoms with van der Waals surface area (Å²) in [6.45, 7) is 3.26. The van der Waals surface area contributed by atoms with E-state index in [1.54, 1.807) is 4.90 Å². The zero-order valence-corrected chi connectivity index (χ0v) is 18.5. The fraction of sp³-hybridized carbons (Fsp3) is 0.417. The summed E-state index contributed by atoms with van der Waals surface area (Å²) in [7, 11) is 0. The molecule has 4 rings (SSSR count). The number of ether oxygens (including phenoxy) is 1. The Morgan fingerprint density at radius 1 is 1.00 bits per heavy atom. The van der Waals surface area contributed by atoms with Gasteiger partial charge in [-0.1, -0.05) is 12.1 Å². The van der Waals surface area contributed by atoms with Gasteiger partial charge in [0.2, 0.25) is 0 Å². The Kier molecular flexibility index (Phi) is 7.38. The number of halogens is 3. The van der Waals surface area contributed by atoms with Crippen LogP contribution >= 0.6 is 0 Å². The lowest BCUT2D eigenvalue weighted by atomic mass is 10.0. The molecule has 0 aromatic heterocycles. The molecule has 2 aromatic rings. The van der Waals surface area contributed by atoms with Crippen LogP contribution in [0.4, 0.5) is 23.7 Å². The predicted octanol–water partition coefficient (Wildman–Crippen LogP) is 3.79. The van der Waals surface area contributed by atoms with Crippen LogP contribution in [0.5, 0.6) is 0 Å². The van der Waals surface area contributed by atoms with Gasteiger partial charge >= 0.3 is 12.2 Å². The third-order valence-corrected chi connectivity index (χ3v) is 6.04. The number of morpholine rings is 1. The van der Waals surface area contributed by atoms with Crippen molar-refractivity contribution in [1.82, 2.24) is 15.5 Å². The molecule has 2 aliphatic heterocycles. The van der Waals surface area contributed by atoms with Crippen molar-refractivity contribution < 1.29 is 27.5 Å². The Morgan fingerprint density at radius 3 is 2.26 bits per heavy atom. The summed E-state index contributed by atoms with van der Waals surface area (Å²) in [6.07, 6.45) is -3.25. The molecule has 2 fully saturated rings. The second kappa shape index (κ2) is 10.4. The fourth-order valence-electron chi connectivity index (χ4n) is 4.12. The van der Waals surface area contributed by atoms with Gasteiger partial charge in [-0.25, -0.2) is 4.79 Å². The van der Waals surface area contributed by atoms with E-state index in [1.807, 2.05) is 24.3 Å². The first-order valence-corrected chi connectivity index (χ1v) is 11.3. The molecule has 0 radical (unpaired) electrons. The molecule has 3 N–H and O–H groups in total. The molecule has 0 saturated carbocycles. The molecule has 2 heterocycles. The van der Waals surface area contributed by atoms with Gasteiger partial charge in [0.05, 0.1) is 18.3 Å². The molecule has 0 spiro atoms. The Morgan fingerprint density at radius 2 is 1.68 bits per heavy atom. The van der Waals surface area contributed by atoms with Crippen molar-refractivity contribution >= 4 is 17.6 Å². The average molecular weight is 476 g/mol. The standard InChI is InChI=1S/C24H27F3N4O3/c25-24(26,27)18-5-7-19(8-6-18)29-23(33)30-20-9-12-31(13-10-20)22(32)17-3-1-16(2-4-17)21-15-28-11-14-34-21/h1-8,20-21,28H,9-15H2,(H2,29,30,33). The van der Waals surface area contributed by atoms with Gasteiger partial charge in [-0.3, -0.25) is 4.79 Å². The van der Waals surface area contributed by atoms with E-state index in [9.17, 15) is 22.8 Å². The number of amides is 3. The second-order valence-electron chi connectivity index (χ2n) is 8.43. The zero-order valence-electron chi connectivity index (χ0n) is 18.5. The molecule has 2 saturated heterocycles. The Hall–Kier alpha value is -3.11. The maximum atomic E-state index is 12.9. The number of benzene rings is 2. The largest absolute Gasteiger partial charge is 0.416 e. The molecular formula is C24H27F3N4O3. The molecule has 10 heteroatoms. The number of nitrogens with one attached hydrogen (secondary N) is 3. The number of carbonyl (C=O) groups is 2. The highest BCUT2D eigenvalue weighted by Crippen LogP contribution is 2.29. The number of hydrogen-bond donors (Lipinski definition) is 3. The maximum absolute atomic E-state index is 12.9. The Bertz CT molecular complexity index is 982. The lowest BCUT2D eigenvalue weighted by Crippen LogP contribution is -2.47. The minimum absolute atomic E-state index is 0.00607. The Balaban J connectivity index is 1.23. The van der Waals surface area contributed by atoms with Gasteiger partial charge in [0, 0.05) is 43.5 Å². The number of nitrogens with zero attached hydrogens (tertiary/aromatic N) is 1. The van der Waals surface area contributed by atoms with Crippen molar-refractivity contribution in [3.05, 3.63) is 65.2 Å². The van der Waals surface area contributed by atoms with Crippen LogP contribution in [0.3, 0.4) is 0 Å². The summed E-state index contributed by atoms with van der Waals surface area (Å²) < 4.78 is 43.7. The summed E-state index contributed by atoms with van der Waals surface area (Å²) in [5.74, 6) is -0.0538. The second-order valence-corrected chi connectivity index (χ2v) is 8.43. The lowest BCUT2D eigenvalue weighted by molar-refractivity contribution is -0.137. The average Bonchev–Trinajstić information content (AvgIpc) is 2.84. The van der Waals surface area contributed by atoms with Gasteiger partial charge < -0.3 is 25.6 Å². The molecule has 3 amide bonds. The van der Waals surface area contributed by atoms with Crippen molar-refractivity contribution in [1.29, 1.82) is 0 Å². The van der Waals surface area contributed by atoms with Crippen LogP contribution in [0.1, 0.15) is 40.4 Å². The predicted molar refractivity (Wildman–Crippen MR) is 121 cm³/mol. The van der Waals surface area contributed by atoms with E-state index < -0.39 is 17.8 Å². The lowest BCUT2D eigenvalue weighted by Gasteiger charge is -2.32. The minimum Gasteiger partial charge on any atom is -0.371 e. The van der Waals surface area contributed by atoms with E-state index in [-0.39, 0.29) is 23.7 Å². The van der Waals surface area contributed by atoms with Gasteiger partial charge in [0.1, 0.15) is 0 Å². The first kappa shape index (κ1) is 24.0. The number of anilines is 1. The molecule has 2 aliphatic rings. The summed E-state index contributed by atoms with van der Waals surface area (Å²) in [5.41, 5.74) is 1.14. The van der Waals surface area contributed by atoms with Crippen molar-refractivity contribution in [2.45, 2.75) is 31.2 Å². The summed E-state index contributed by atoms with van der Waals surface area (Å²) >= 11 is 0. The van der Waals surface area contributed by atoms with Crippen LogP contribution in [-0.2, 0) is 10.9 Å². The molecule has 0 aliphatic carbocycles. The van der Waals surface area contributed by atoms with Crippen molar-refractivity contribution in [3.63, 3.8) is 0 Å². The third-order valence-electron chi connectivity index (χ3n) is 6.04. The Labute approximate surface area is 195 Å². The van der Waals surface area contributed by atoms with E-state index in [0.29, 0.717) is 38.1 Å². The molecule has 34 heavy (non-hydrogen) atoms. The number of piperidine rings is 1. The van der Waals surface area contributed by atoms with Crippen molar-refractivity contribution in [3.8, 4) is 0 Å². The normalized spacial score (nSPS) is 19.5. The van der Waals surface area contributed by atoms with Crippen LogP contribution in [0, 0.1) is 0 Å². The molecular weight excluding hydrogens is 449 g/mol. The zero-order chi connectivity index (χ0) is 24.1. The van der Waals surface area contributed by atoms with Crippen molar-refractivity contribution in [2.24, 2.45) is 0 Å². The van der Waals surface area contributed by atoms with E-state index >= 15 is 0 Å². The highest BCUT2D eigenvalue weighted by molar-refractivity contribution is 5.94. The van der Waals surface area contributed by atoms with Crippen LogP contribution in [0.25, 0.3) is 0 Å². The molecule has 182 valence electrons. The number of carbonyl (C=O) groups excluding carboxylic acids is 2. The first-order valence-electron chi connectivity index (χ1n) is 11.3. The van der Waals surface area contributed by atoms with Gasteiger partial charge in [-0.2, -0.15) is 13.2 Å². The molecule has 1 unspecified atom stereocenters. The number of alkyl halides is 3. The molecule has 0 bridgehead atoms. The van der Waals surface area contributed by atoms with Gasteiger partial charge in [-0.15, -0.1) is 0 Å². The van der Waals surface area contributed by atoms with Crippen LogP contribution in [0.15, 0.2) is 48.5 Å². The van der Waals surface area contributed by atoms with Crippen LogP contribution in [0.2, 0.25) is 0 Å².